The topological polar surface area (TPSA) is 3.88 Å². The lowest BCUT2D eigenvalue weighted by molar-refractivity contribution is -0.843. The molecule has 1 aromatic heterocycles. The molecule has 0 aliphatic rings. The molecular weight excluding hydrogens is 129 g/mol. The minimum absolute atomic E-state index is 0.398. The van der Waals surface area contributed by atoms with E-state index in [0.29, 0.717) is 9.81 Å². The van der Waals surface area contributed by atoms with Gasteiger partial charge in [0.1, 0.15) is 5.02 Å². The summed E-state index contributed by atoms with van der Waals surface area (Å²) in [6.07, 6.45) is 2.45. The number of aromatic nitrogens is 1. The molecule has 0 aromatic carbocycles. The van der Waals surface area contributed by atoms with Gasteiger partial charge in [-0.05, 0) is 6.07 Å². The molecule has 0 spiro atoms. The Bertz CT molecular complexity index is 172. The van der Waals surface area contributed by atoms with Gasteiger partial charge < -0.3 is 0 Å². The average molecular weight is 133 g/mol. The van der Waals surface area contributed by atoms with Gasteiger partial charge >= 0.3 is 0 Å². The van der Waals surface area contributed by atoms with Crippen LogP contribution in [0.15, 0.2) is 24.5 Å². The van der Waals surface area contributed by atoms with Crippen molar-refractivity contribution < 1.29 is 9.27 Å². The number of hydrogen-bond donors (Lipinski definition) is 0. The monoisotopic (exact) mass is 132 g/mol. The van der Waals surface area contributed by atoms with Crippen molar-refractivity contribution in [1.82, 2.24) is 0 Å². The van der Waals surface area contributed by atoms with E-state index < -0.39 is 0 Å². The summed E-state index contributed by atoms with van der Waals surface area (Å²) in [6.45, 7) is 0. The first kappa shape index (κ1) is 5.51. The summed E-state index contributed by atoms with van der Waals surface area (Å²) in [5.74, 6) is 0. The van der Waals surface area contributed by atoms with Crippen molar-refractivity contribution in [3.63, 3.8) is 0 Å². The molecule has 0 unspecified atom stereocenters. The van der Waals surface area contributed by atoms with E-state index in [1.54, 1.807) is 6.07 Å². The molecule has 0 radical (unpaired) electrons. The van der Waals surface area contributed by atoms with Gasteiger partial charge in [0.05, 0.1) is 4.48 Å². The summed E-state index contributed by atoms with van der Waals surface area (Å²) < 4.78 is 12.0. The molecule has 0 aliphatic carbocycles. The molecule has 0 amide bonds. The first-order valence-electron chi connectivity index (χ1n) is 2.12. The highest BCUT2D eigenvalue weighted by Gasteiger charge is 1.95. The van der Waals surface area contributed by atoms with Crippen LogP contribution in [0.25, 0.3) is 0 Å². The van der Waals surface area contributed by atoms with Gasteiger partial charge in [0.15, 0.2) is 0 Å². The summed E-state index contributed by atoms with van der Waals surface area (Å²) in [5.41, 5.74) is 0. The summed E-state index contributed by atoms with van der Waals surface area (Å²) in [4.78, 5) is 0.405. The maximum Gasteiger partial charge on any atom is 0.236 e. The van der Waals surface area contributed by atoms with Crippen molar-refractivity contribution in [1.29, 1.82) is 0 Å². The Morgan fingerprint density at radius 2 is 2.38 bits per heavy atom. The minimum Gasteiger partial charge on any atom is -0.0776 e. The van der Waals surface area contributed by atoms with E-state index in [2.05, 4.69) is 0 Å². The van der Waals surface area contributed by atoms with Crippen LogP contribution in [0.3, 0.4) is 0 Å². The zero-order chi connectivity index (χ0) is 5.98. The molecule has 8 heavy (non-hydrogen) atoms. The Balaban J connectivity index is 3.08. The fourth-order valence-electron chi connectivity index (χ4n) is 0.421. The highest BCUT2D eigenvalue weighted by molar-refractivity contribution is 6.30. The Hall–Kier alpha value is -0.630. The van der Waals surface area contributed by atoms with Crippen molar-refractivity contribution in [3.8, 4) is 0 Å². The van der Waals surface area contributed by atoms with E-state index in [-0.39, 0.29) is 0 Å². The third kappa shape index (κ3) is 1.17. The molecule has 0 bridgehead atoms. The second-order valence-corrected chi connectivity index (χ2v) is 1.80. The van der Waals surface area contributed by atoms with Crippen LogP contribution < -0.4 is 4.79 Å². The van der Waals surface area contributed by atoms with Crippen molar-refractivity contribution in [3.05, 3.63) is 29.5 Å². The maximum absolute atomic E-state index is 12.0. The Morgan fingerprint density at radius 1 is 1.62 bits per heavy atom. The summed E-state index contributed by atoms with van der Waals surface area (Å²) in [6, 6.07) is 3.14. The molecule has 1 aromatic rings. The Morgan fingerprint density at radius 3 is 2.75 bits per heavy atom. The largest absolute Gasteiger partial charge is 0.236 e. The zero-order valence-electron chi connectivity index (χ0n) is 4.01. The van der Waals surface area contributed by atoms with Gasteiger partial charge in [-0.1, -0.05) is 11.6 Å². The van der Waals surface area contributed by atoms with Gasteiger partial charge in [0.25, 0.3) is 0 Å². The van der Waals surface area contributed by atoms with Gasteiger partial charge in [0.2, 0.25) is 12.4 Å². The van der Waals surface area contributed by atoms with Crippen molar-refractivity contribution in [2.75, 3.05) is 0 Å². The van der Waals surface area contributed by atoms with E-state index in [1.807, 2.05) is 0 Å². The van der Waals surface area contributed by atoms with Gasteiger partial charge in [-0.25, -0.2) is 0 Å². The van der Waals surface area contributed by atoms with Crippen LogP contribution in [0.2, 0.25) is 5.02 Å². The lowest BCUT2D eigenvalue weighted by Crippen LogP contribution is -2.19. The molecule has 1 rings (SSSR count). The molecule has 0 saturated carbocycles. The second kappa shape index (κ2) is 2.09. The fourth-order valence-corrected chi connectivity index (χ4v) is 0.587. The van der Waals surface area contributed by atoms with Gasteiger partial charge in [-0.3, -0.25) is 0 Å². The molecule has 1 heterocycles. The minimum atomic E-state index is 0.398. The molecule has 3 heteroatoms. The SMILES string of the molecule is F[n+]1cccc(Cl)c1. The molecule has 0 fully saturated rings. The third-order valence-electron chi connectivity index (χ3n) is 0.731. The van der Waals surface area contributed by atoms with Crippen molar-refractivity contribution in [2.45, 2.75) is 0 Å². The molecular formula is C5H4ClFN+. The summed E-state index contributed by atoms with van der Waals surface area (Å²) in [7, 11) is 0. The van der Waals surface area contributed by atoms with Crippen molar-refractivity contribution >= 4 is 11.6 Å². The normalized spacial score (nSPS) is 9.25. The first-order chi connectivity index (χ1) is 3.79. The van der Waals surface area contributed by atoms with E-state index in [0.717, 1.165) is 0 Å². The van der Waals surface area contributed by atoms with Crippen LogP contribution in [0.4, 0.5) is 4.48 Å². The molecule has 42 valence electrons. The van der Waals surface area contributed by atoms with Crippen LogP contribution in [0.1, 0.15) is 0 Å². The van der Waals surface area contributed by atoms with Crippen LogP contribution in [0.5, 0.6) is 0 Å². The molecule has 0 atom stereocenters. The summed E-state index contributed by atoms with van der Waals surface area (Å²) in [5, 5.41) is 0.398. The predicted molar refractivity (Wildman–Crippen MR) is 28.2 cm³/mol. The van der Waals surface area contributed by atoms with Crippen LogP contribution in [0, 0.1) is 0 Å². The number of rotatable bonds is 0. The molecule has 1 nitrogen and oxygen atoms in total. The number of hydrogen-bond acceptors (Lipinski definition) is 0. The van der Waals surface area contributed by atoms with Crippen LogP contribution >= 0.6 is 11.6 Å². The Labute approximate surface area is 51.3 Å². The second-order valence-electron chi connectivity index (χ2n) is 1.37. The van der Waals surface area contributed by atoms with E-state index in [1.165, 1.54) is 18.5 Å². The highest BCUT2D eigenvalue weighted by atomic mass is 35.5. The van der Waals surface area contributed by atoms with Crippen LogP contribution in [-0.2, 0) is 0 Å². The Kier molecular flexibility index (Phi) is 1.44. The molecule has 0 N–H and O–H groups in total. The average Bonchev–Trinajstić information content (AvgIpc) is 1.64. The smallest absolute Gasteiger partial charge is 0.0776 e. The fraction of sp³-hybridized carbons (Fsp3) is 0. The number of nitrogens with zero attached hydrogens (tertiary/aromatic N) is 1. The number of pyridine rings is 1. The molecule has 0 aliphatic heterocycles. The first-order valence-corrected chi connectivity index (χ1v) is 2.50. The van der Waals surface area contributed by atoms with Crippen molar-refractivity contribution in [2.24, 2.45) is 0 Å². The van der Waals surface area contributed by atoms with Gasteiger partial charge in [0, 0.05) is 10.9 Å². The maximum atomic E-state index is 12.0. The highest BCUT2D eigenvalue weighted by Crippen LogP contribution is 2.00. The number of halogens is 2. The van der Waals surface area contributed by atoms with E-state index >= 15 is 0 Å². The third-order valence-corrected chi connectivity index (χ3v) is 0.954. The van der Waals surface area contributed by atoms with Crippen LogP contribution in [-0.4, -0.2) is 0 Å². The van der Waals surface area contributed by atoms with Gasteiger partial charge in [-0.2, -0.15) is 0 Å². The van der Waals surface area contributed by atoms with Gasteiger partial charge in [-0.15, -0.1) is 0 Å². The lowest BCUT2D eigenvalue weighted by atomic mass is 10.5. The zero-order valence-corrected chi connectivity index (χ0v) is 4.77. The standard InChI is InChI=1S/C5H4ClFN/c6-5-2-1-3-8(7)4-5/h1-4H/q+1. The molecule has 0 saturated heterocycles. The summed E-state index contributed by atoms with van der Waals surface area (Å²) >= 11 is 5.38. The van der Waals surface area contributed by atoms with E-state index in [4.69, 9.17) is 11.6 Å². The lowest BCUT2D eigenvalue weighted by Gasteiger charge is -1.77. The van der Waals surface area contributed by atoms with E-state index in [9.17, 15) is 4.48 Å². The quantitative estimate of drug-likeness (QED) is 0.502. The predicted octanol–water partition coefficient (Wildman–Crippen LogP) is 1.36.